The van der Waals surface area contributed by atoms with E-state index in [1.165, 1.54) is 19.3 Å². The van der Waals surface area contributed by atoms with Gasteiger partial charge in [0.1, 0.15) is 6.04 Å². The second-order valence-corrected chi connectivity index (χ2v) is 10.3. The van der Waals surface area contributed by atoms with Crippen molar-refractivity contribution in [3.05, 3.63) is 0 Å². The lowest BCUT2D eigenvalue weighted by atomic mass is 9.49. The number of carboxylic acids is 1. The Morgan fingerprint density at radius 2 is 1.46 bits per heavy atom. The van der Waals surface area contributed by atoms with Crippen molar-refractivity contribution in [2.75, 3.05) is 19.6 Å². The predicted molar refractivity (Wildman–Crippen MR) is 102 cm³/mol. The summed E-state index contributed by atoms with van der Waals surface area (Å²) in [5.41, 5.74) is -0.205. The molecule has 0 aromatic carbocycles. The lowest BCUT2D eigenvalue weighted by molar-refractivity contribution is -0.162. The smallest absolute Gasteiger partial charge is 0.308 e. The fraction of sp³-hybridized carbons (Fsp3) is 0.864. The molecule has 1 N–H and O–H groups in total. The van der Waals surface area contributed by atoms with Gasteiger partial charge in [0, 0.05) is 19.6 Å². The van der Waals surface area contributed by atoms with Crippen molar-refractivity contribution in [2.45, 2.75) is 70.3 Å². The quantitative estimate of drug-likeness (QED) is 0.806. The Morgan fingerprint density at radius 3 is 2.07 bits per heavy atom. The highest BCUT2D eigenvalue weighted by molar-refractivity contribution is 5.91. The number of piperidine rings is 1. The SMILES string of the molecule is O=C(O)[C@H]1CCCN(C(=O)C2CCCN2C(=O)C23CC4CC(CC(C4)C2)C3)C1. The largest absolute Gasteiger partial charge is 0.481 e. The van der Waals surface area contributed by atoms with Crippen LogP contribution in [0, 0.1) is 29.1 Å². The Morgan fingerprint density at radius 1 is 0.857 bits per heavy atom. The summed E-state index contributed by atoms with van der Waals surface area (Å²) in [5.74, 6) is 1.09. The molecule has 0 aromatic heterocycles. The van der Waals surface area contributed by atoms with E-state index in [2.05, 4.69) is 0 Å². The van der Waals surface area contributed by atoms with Crippen molar-refractivity contribution in [3.63, 3.8) is 0 Å². The molecule has 6 rings (SSSR count). The molecule has 4 saturated carbocycles. The van der Waals surface area contributed by atoms with Gasteiger partial charge >= 0.3 is 5.97 Å². The van der Waals surface area contributed by atoms with Crippen LogP contribution in [0.2, 0.25) is 0 Å². The molecule has 28 heavy (non-hydrogen) atoms. The lowest BCUT2D eigenvalue weighted by Crippen LogP contribution is -2.58. The first-order valence-corrected chi connectivity index (χ1v) is 11.3. The Bertz CT molecular complexity index is 655. The van der Waals surface area contributed by atoms with Crippen LogP contribution in [0.3, 0.4) is 0 Å². The number of hydrogen-bond acceptors (Lipinski definition) is 3. The van der Waals surface area contributed by atoms with Crippen LogP contribution in [0.25, 0.3) is 0 Å². The monoisotopic (exact) mass is 388 g/mol. The summed E-state index contributed by atoms with van der Waals surface area (Å²) < 4.78 is 0. The Labute approximate surface area is 166 Å². The molecule has 0 radical (unpaired) electrons. The third-order valence-electron chi connectivity index (χ3n) is 8.37. The molecule has 0 spiro atoms. The third kappa shape index (κ3) is 2.94. The Kier molecular flexibility index (Phi) is 4.44. The summed E-state index contributed by atoms with van der Waals surface area (Å²) in [5, 5.41) is 9.34. The van der Waals surface area contributed by atoms with Gasteiger partial charge in [0.05, 0.1) is 11.3 Å². The molecular weight excluding hydrogens is 356 g/mol. The van der Waals surface area contributed by atoms with Crippen molar-refractivity contribution < 1.29 is 19.5 Å². The maximum absolute atomic E-state index is 13.7. The lowest BCUT2D eigenvalue weighted by Gasteiger charge is -2.56. The fourth-order valence-corrected chi connectivity index (χ4v) is 7.53. The summed E-state index contributed by atoms with van der Waals surface area (Å²) >= 11 is 0. The van der Waals surface area contributed by atoms with Gasteiger partial charge in [0.25, 0.3) is 0 Å². The van der Waals surface area contributed by atoms with Gasteiger partial charge in [-0.05, 0) is 82.0 Å². The number of carbonyl (C=O) groups excluding carboxylic acids is 2. The summed E-state index contributed by atoms with van der Waals surface area (Å²) in [6.45, 7) is 1.61. The minimum Gasteiger partial charge on any atom is -0.481 e. The van der Waals surface area contributed by atoms with Gasteiger partial charge < -0.3 is 14.9 Å². The van der Waals surface area contributed by atoms with Gasteiger partial charge in [-0.15, -0.1) is 0 Å². The van der Waals surface area contributed by atoms with Crippen molar-refractivity contribution in [3.8, 4) is 0 Å². The summed E-state index contributed by atoms with van der Waals surface area (Å²) in [4.78, 5) is 42.0. The zero-order chi connectivity index (χ0) is 19.5. The summed E-state index contributed by atoms with van der Waals surface area (Å²) in [6.07, 6.45) is 9.98. The summed E-state index contributed by atoms with van der Waals surface area (Å²) in [6, 6.07) is -0.368. The van der Waals surface area contributed by atoms with Crippen LogP contribution < -0.4 is 0 Å². The van der Waals surface area contributed by atoms with Gasteiger partial charge in [-0.2, -0.15) is 0 Å². The van der Waals surface area contributed by atoms with Crippen LogP contribution in [0.4, 0.5) is 0 Å². The normalized spacial score (nSPS) is 42.1. The number of aliphatic carboxylic acids is 1. The highest BCUT2D eigenvalue weighted by atomic mass is 16.4. The first-order chi connectivity index (χ1) is 13.4. The van der Waals surface area contributed by atoms with Gasteiger partial charge in [-0.3, -0.25) is 14.4 Å². The number of rotatable bonds is 3. The minimum atomic E-state index is -0.814. The molecule has 4 aliphatic carbocycles. The first-order valence-electron chi connectivity index (χ1n) is 11.3. The molecule has 2 saturated heterocycles. The van der Waals surface area contributed by atoms with Gasteiger partial charge in [-0.1, -0.05) is 0 Å². The Hall–Kier alpha value is -1.59. The van der Waals surface area contributed by atoms with E-state index < -0.39 is 11.9 Å². The van der Waals surface area contributed by atoms with E-state index in [9.17, 15) is 19.5 Å². The fourth-order valence-electron chi connectivity index (χ4n) is 7.53. The van der Waals surface area contributed by atoms with Crippen LogP contribution in [0.1, 0.15) is 64.2 Å². The topological polar surface area (TPSA) is 77.9 Å². The molecule has 6 heteroatoms. The zero-order valence-corrected chi connectivity index (χ0v) is 16.6. The minimum absolute atomic E-state index is 0.0125. The molecule has 2 heterocycles. The maximum Gasteiger partial charge on any atom is 0.308 e. The number of carboxylic acid groups (broad SMARTS) is 1. The molecule has 6 nitrogen and oxygen atoms in total. The number of amides is 2. The number of nitrogens with zero attached hydrogens (tertiary/aromatic N) is 2. The molecule has 0 aromatic rings. The van der Waals surface area contributed by atoms with E-state index in [0.717, 1.165) is 38.5 Å². The molecule has 154 valence electrons. The molecule has 6 fully saturated rings. The van der Waals surface area contributed by atoms with Gasteiger partial charge in [0.2, 0.25) is 11.8 Å². The zero-order valence-electron chi connectivity index (χ0n) is 16.6. The third-order valence-corrected chi connectivity index (χ3v) is 8.37. The second kappa shape index (κ2) is 6.74. The van der Waals surface area contributed by atoms with Crippen LogP contribution in [-0.2, 0) is 14.4 Å². The summed E-state index contributed by atoms with van der Waals surface area (Å²) in [7, 11) is 0. The Balaban J connectivity index is 1.32. The van der Waals surface area contributed by atoms with E-state index in [0.29, 0.717) is 43.8 Å². The maximum atomic E-state index is 13.7. The van der Waals surface area contributed by atoms with E-state index in [-0.39, 0.29) is 23.3 Å². The van der Waals surface area contributed by atoms with Crippen LogP contribution in [0.5, 0.6) is 0 Å². The van der Waals surface area contributed by atoms with E-state index in [1.807, 2.05) is 4.90 Å². The highest BCUT2D eigenvalue weighted by Gasteiger charge is 2.57. The number of hydrogen-bond donors (Lipinski definition) is 1. The van der Waals surface area contributed by atoms with Gasteiger partial charge in [-0.25, -0.2) is 0 Å². The van der Waals surface area contributed by atoms with E-state index >= 15 is 0 Å². The van der Waals surface area contributed by atoms with Crippen LogP contribution >= 0.6 is 0 Å². The average Bonchev–Trinajstić information content (AvgIpc) is 3.15. The number of carbonyl (C=O) groups is 3. The standard InChI is InChI=1S/C22H32N2O4/c25-19(23-5-1-3-17(13-23)20(26)27)18-4-2-6-24(18)21(28)22-10-14-7-15(11-22)9-16(8-14)12-22/h14-18H,1-13H2,(H,26,27)/t14?,15?,16?,17-,18?,22?/m0/s1. The molecule has 2 atom stereocenters. The van der Waals surface area contributed by atoms with Crippen molar-refractivity contribution in [1.29, 1.82) is 0 Å². The molecule has 2 amide bonds. The van der Waals surface area contributed by atoms with E-state index in [1.54, 1.807) is 4.90 Å². The highest BCUT2D eigenvalue weighted by Crippen LogP contribution is 2.60. The van der Waals surface area contributed by atoms with Crippen LogP contribution in [-0.4, -0.2) is 58.4 Å². The molecule has 4 bridgehead atoms. The van der Waals surface area contributed by atoms with Crippen molar-refractivity contribution >= 4 is 17.8 Å². The number of likely N-dealkylation sites (tertiary alicyclic amines) is 2. The average molecular weight is 389 g/mol. The molecular formula is C22H32N2O4. The molecule has 1 unspecified atom stereocenters. The van der Waals surface area contributed by atoms with Crippen molar-refractivity contribution in [2.24, 2.45) is 29.1 Å². The van der Waals surface area contributed by atoms with Crippen LogP contribution in [0.15, 0.2) is 0 Å². The first kappa shape index (κ1) is 18.4. The predicted octanol–water partition coefficient (Wildman–Crippen LogP) is 2.52. The van der Waals surface area contributed by atoms with Crippen molar-refractivity contribution in [1.82, 2.24) is 9.80 Å². The second-order valence-electron chi connectivity index (χ2n) is 10.3. The van der Waals surface area contributed by atoms with Gasteiger partial charge in [0.15, 0.2) is 0 Å². The molecule has 2 aliphatic heterocycles. The van der Waals surface area contributed by atoms with E-state index in [4.69, 9.17) is 0 Å². The molecule has 6 aliphatic rings.